The van der Waals surface area contributed by atoms with E-state index in [1.165, 1.54) is 18.2 Å². The number of amides is 1. The Labute approximate surface area is 125 Å². The lowest BCUT2D eigenvalue weighted by Crippen LogP contribution is -2.51. The number of benzene rings is 1. The zero-order valence-electron chi connectivity index (χ0n) is 11.0. The molecule has 1 amide bonds. The maximum atomic E-state index is 12.5. The molecule has 0 saturated carbocycles. The summed E-state index contributed by atoms with van der Waals surface area (Å²) in [5, 5.41) is 11.4. The SMILES string of the molecule is CC1COC(CBr)CN1C(=O)c1cccc([N+](=O)[O-])c1. The number of hydrogen-bond acceptors (Lipinski definition) is 4. The van der Waals surface area contributed by atoms with Gasteiger partial charge in [0.25, 0.3) is 11.6 Å². The second-order valence-corrected chi connectivity index (χ2v) is 5.37. The Balaban J connectivity index is 2.21. The van der Waals surface area contributed by atoms with Crippen molar-refractivity contribution >= 4 is 27.5 Å². The standard InChI is InChI=1S/C13H15BrN2O4/c1-9-8-20-12(6-14)7-15(9)13(17)10-3-2-4-11(5-10)16(18)19/h2-5,9,12H,6-8H2,1H3. The normalized spacial score (nSPS) is 22.6. The molecule has 7 heteroatoms. The molecule has 0 N–H and O–H groups in total. The summed E-state index contributed by atoms with van der Waals surface area (Å²) in [6.45, 7) is 2.85. The van der Waals surface area contributed by atoms with Crippen molar-refractivity contribution in [2.24, 2.45) is 0 Å². The number of halogens is 1. The van der Waals surface area contributed by atoms with Crippen molar-refractivity contribution in [3.05, 3.63) is 39.9 Å². The summed E-state index contributed by atoms with van der Waals surface area (Å²) in [6.07, 6.45) is -0.0474. The number of hydrogen-bond donors (Lipinski definition) is 0. The molecule has 1 aliphatic heterocycles. The quantitative estimate of drug-likeness (QED) is 0.479. The van der Waals surface area contributed by atoms with Crippen molar-refractivity contribution in [3.63, 3.8) is 0 Å². The Kier molecular flexibility index (Phi) is 4.72. The van der Waals surface area contributed by atoms with E-state index in [0.29, 0.717) is 24.0 Å². The molecular formula is C13H15BrN2O4. The number of alkyl halides is 1. The first-order valence-electron chi connectivity index (χ1n) is 6.26. The maximum absolute atomic E-state index is 12.5. The van der Waals surface area contributed by atoms with Gasteiger partial charge >= 0.3 is 0 Å². The third-order valence-electron chi connectivity index (χ3n) is 3.24. The van der Waals surface area contributed by atoms with Gasteiger partial charge in [-0.1, -0.05) is 22.0 Å². The van der Waals surface area contributed by atoms with Gasteiger partial charge < -0.3 is 9.64 Å². The van der Waals surface area contributed by atoms with Crippen LogP contribution in [0.1, 0.15) is 17.3 Å². The summed E-state index contributed by atoms with van der Waals surface area (Å²) in [5.74, 6) is -0.199. The van der Waals surface area contributed by atoms with Crippen LogP contribution in [0, 0.1) is 10.1 Å². The fraction of sp³-hybridized carbons (Fsp3) is 0.462. The summed E-state index contributed by atoms with van der Waals surface area (Å²) >= 11 is 3.34. The third-order valence-corrected chi connectivity index (χ3v) is 3.96. The molecule has 0 aliphatic carbocycles. The Morgan fingerprint density at radius 1 is 1.60 bits per heavy atom. The van der Waals surface area contributed by atoms with Gasteiger partial charge in [-0.2, -0.15) is 0 Å². The fourth-order valence-corrected chi connectivity index (χ4v) is 2.50. The van der Waals surface area contributed by atoms with Crippen LogP contribution in [0.5, 0.6) is 0 Å². The van der Waals surface area contributed by atoms with Crippen LogP contribution in [0.3, 0.4) is 0 Å². The maximum Gasteiger partial charge on any atom is 0.270 e. The van der Waals surface area contributed by atoms with Crippen molar-refractivity contribution in [2.75, 3.05) is 18.5 Å². The summed E-state index contributed by atoms with van der Waals surface area (Å²) in [7, 11) is 0. The second-order valence-electron chi connectivity index (χ2n) is 4.72. The van der Waals surface area contributed by atoms with Gasteiger partial charge in [0.05, 0.1) is 23.7 Å². The molecule has 1 aromatic rings. The molecule has 0 spiro atoms. The van der Waals surface area contributed by atoms with Crippen LogP contribution >= 0.6 is 15.9 Å². The highest BCUT2D eigenvalue weighted by molar-refractivity contribution is 9.09. The van der Waals surface area contributed by atoms with Crippen LogP contribution in [0.2, 0.25) is 0 Å². The number of nitro benzene ring substituents is 1. The van der Waals surface area contributed by atoms with E-state index in [9.17, 15) is 14.9 Å². The largest absolute Gasteiger partial charge is 0.373 e. The smallest absolute Gasteiger partial charge is 0.270 e. The number of ether oxygens (including phenoxy) is 1. The molecule has 0 bridgehead atoms. The van der Waals surface area contributed by atoms with Gasteiger partial charge in [-0.05, 0) is 13.0 Å². The number of carbonyl (C=O) groups is 1. The van der Waals surface area contributed by atoms with Crippen LogP contribution < -0.4 is 0 Å². The predicted octanol–water partition coefficient (Wildman–Crippen LogP) is 2.22. The van der Waals surface area contributed by atoms with Gasteiger partial charge in [0.15, 0.2) is 0 Å². The summed E-state index contributed by atoms with van der Waals surface area (Å²) < 4.78 is 5.57. The number of nitro groups is 1. The van der Waals surface area contributed by atoms with Crippen LogP contribution in [-0.2, 0) is 4.74 Å². The highest BCUT2D eigenvalue weighted by atomic mass is 79.9. The monoisotopic (exact) mass is 342 g/mol. The second kappa shape index (κ2) is 6.32. The van der Waals surface area contributed by atoms with Crippen molar-refractivity contribution in [1.29, 1.82) is 0 Å². The molecule has 1 aromatic carbocycles. The van der Waals surface area contributed by atoms with Gasteiger partial charge in [-0.15, -0.1) is 0 Å². The van der Waals surface area contributed by atoms with Gasteiger partial charge in [0.1, 0.15) is 0 Å². The Hall–Kier alpha value is -1.47. The predicted molar refractivity (Wildman–Crippen MR) is 77.1 cm³/mol. The molecule has 108 valence electrons. The highest BCUT2D eigenvalue weighted by Gasteiger charge is 2.30. The molecule has 1 fully saturated rings. The van der Waals surface area contributed by atoms with E-state index in [0.717, 1.165) is 0 Å². The summed E-state index contributed by atoms with van der Waals surface area (Å²) in [5.41, 5.74) is 0.259. The zero-order valence-corrected chi connectivity index (χ0v) is 12.6. The Morgan fingerprint density at radius 3 is 3.00 bits per heavy atom. The van der Waals surface area contributed by atoms with E-state index < -0.39 is 4.92 Å². The average Bonchev–Trinajstić information content (AvgIpc) is 2.47. The molecule has 0 aromatic heterocycles. The Bertz CT molecular complexity index is 523. The molecule has 1 saturated heterocycles. The summed E-state index contributed by atoms with van der Waals surface area (Å²) in [4.78, 5) is 24.5. The van der Waals surface area contributed by atoms with Crippen molar-refractivity contribution in [2.45, 2.75) is 19.1 Å². The molecule has 20 heavy (non-hydrogen) atoms. The van der Waals surface area contributed by atoms with E-state index in [1.54, 1.807) is 11.0 Å². The fourth-order valence-electron chi connectivity index (χ4n) is 2.11. The van der Waals surface area contributed by atoms with Gasteiger partial charge in [-0.3, -0.25) is 14.9 Å². The first kappa shape index (κ1) is 14.9. The Morgan fingerprint density at radius 2 is 2.35 bits per heavy atom. The molecule has 1 aliphatic rings. The van der Waals surface area contributed by atoms with Gasteiger partial charge in [0.2, 0.25) is 0 Å². The molecule has 2 atom stereocenters. The van der Waals surface area contributed by atoms with Gasteiger partial charge in [-0.25, -0.2) is 0 Å². The van der Waals surface area contributed by atoms with Crippen LogP contribution in [0.25, 0.3) is 0 Å². The number of rotatable bonds is 3. The number of non-ortho nitro benzene ring substituents is 1. The molecule has 1 heterocycles. The van der Waals surface area contributed by atoms with E-state index in [-0.39, 0.29) is 23.7 Å². The topological polar surface area (TPSA) is 72.7 Å². The van der Waals surface area contributed by atoms with Crippen LogP contribution in [0.4, 0.5) is 5.69 Å². The lowest BCUT2D eigenvalue weighted by atomic mass is 10.1. The van der Waals surface area contributed by atoms with Crippen molar-refractivity contribution < 1.29 is 14.5 Å². The minimum absolute atomic E-state index is 0.0444. The zero-order chi connectivity index (χ0) is 14.7. The molecular weight excluding hydrogens is 328 g/mol. The third kappa shape index (κ3) is 3.16. The minimum Gasteiger partial charge on any atom is -0.373 e. The minimum atomic E-state index is -0.499. The van der Waals surface area contributed by atoms with Crippen molar-refractivity contribution in [1.82, 2.24) is 4.90 Å². The number of morpholine rings is 1. The van der Waals surface area contributed by atoms with Crippen LogP contribution in [-0.4, -0.2) is 46.4 Å². The molecule has 0 radical (unpaired) electrons. The van der Waals surface area contributed by atoms with Crippen LogP contribution in [0.15, 0.2) is 24.3 Å². The lowest BCUT2D eigenvalue weighted by Gasteiger charge is -2.37. The van der Waals surface area contributed by atoms with Gasteiger partial charge in [0, 0.05) is 29.6 Å². The summed E-state index contributed by atoms with van der Waals surface area (Å²) in [6, 6.07) is 5.77. The number of carbonyl (C=O) groups excluding carboxylic acids is 1. The lowest BCUT2D eigenvalue weighted by molar-refractivity contribution is -0.384. The first-order chi connectivity index (χ1) is 9.52. The van der Waals surface area contributed by atoms with E-state index in [2.05, 4.69) is 15.9 Å². The van der Waals surface area contributed by atoms with E-state index in [4.69, 9.17) is 4.74 Å². The number of nitrogens with zero attached hydrogens (tertiary/aromatic N) is 2. The molecule has 2 rings (SSSR count). The average molecular weight is 343 g/mol. The molecule has 6 nitrogen and oxygen atoms in total. The molecule has 2 unspecified atom stereocenters. The van der Waals surface area contributed by atoms with E-state index in [1.807, 2.05) is 6.92 Å². The first-order valence-corrected chi connectivity index (χ1v) is 7.38. The van der Waals surface area contributed by atoms with E-state index >= 15 is 0 Å². The van der Waals surface area contributed by atoms with Crippen molar-refractivity contribution in [3.8, 4) is 0 Å². The highest BCUT2D eigenvalue weighted by Crippen LogP contribution is 2.19.